The molecule has 1 atom stereocenters. The molecule has 0 amide bonds. The second kappa shape index (κ2) is 6.01. The van der Waals surface area contributed by atoms with Gasteiger partial charge in [0.05, 0.1) is 8.07 Å². The molecule has 1 unspecified atom stereocenters. The van der Waals surface area contributed by atoms with Crippen LogP contribution in [0.5, 0.6) is 0 Å². The summed E-state index contributed by atoms with van der Waals surface area (Å²) in [5, 5.41) is 1.59. The van der Waals surface area contributed by atoms with Crippen molar-refractivity contribution < 1.29 is 4.79 Å². The molecule has 1 aliphatic carbocycles. The molecule has 0 aromatic rings. The molecule has 0 fully saturated rings. The fourth-order valence-corrected chi connectivity index (χ4v) is 3.11. The molecule has 0 heterocycles. The van der Waals surface area contributed by atoms with Gasteiger partial charge in [-0.05, 0) is 37.7 Å². The SMILES string of the molecule is C/C(=C/CC1CCC(=O)C=C1C(C)C)[Si](C)(C)C. The Bertz CT molecular complexity index is 369. The van der Waals surface area contributed by atoms with Gasteiger partial charge >= 0.3 is 0 Å². The lowest BCUT2D eigenvalue weighted by Gasteiger charge is -2.26. The Morgan fingerprint density at radius 2 is 2.06 bits per heavy atom. The van der Waals surface area contributed by atoms with Gasteiger partial charge in [-0.1, -0.05) is 50.3 Å². The Morgan fingerprint density at radius 3 is 2.56 bits per heavy atom. The second-order valence-corrected chi connectivity index (χ2v) is 12.2. The smallest absolute Gasteiger partial charge is 0.155 e. The van der Waals surface area contributed by atoms with Gasteiger partial charge in [-0.3, -0.25) is 4.79 Å². The van der Waals surface area contributed by atoms with Gasteiger partial charge in [0.1, 0.15) is 0 Å². The third-order valence-electron chi connectivity index (χ3n) is 4.10. The van der Waals surface area contributed by atoms with Crippen LogP contribution in [0.25, 0.3) is 0 Å². The van der Waals surface area contributed by atoms with Gasteiger partial charge in [-0.25, -0.2) is 0 Å². The molecular weight excluding hydrogens is 236 g/mol. The van der Waals surface area contributed by atoms with Crippen LogP contribution >= 0.6 is 0 Å². The summed E-state index contributed by atoms with van der Waals surface area (Å²) in [5.41, 5.74) is 1.37. The highest BCUT2D eigenvalue weighted by Gasteiger charge is 2.23. The summed E-state index contributed by atoms with van der Waals surface area (Å²) in [5.74, 6) is 1.41. The molecule has 0 spiro atoms. The predicted molar refractivity (Wildman–Crippen MR) is 82.4 cm³/mol. The first-order valence-electron chi connectivity index (χ1n) is 7.13. The molecule has 1 rings (SSSR count). The highest BCUT2D eigenvalue weighted by molar-refractivity contribution is 6.82. The summed E-state index contributed by atoms with van der Waals surface area (Å²) in [6.07, 6.45) is 7.24. The van der Waals surface area contributed by atoms with E-state index < -0.39 is 8.07 Å². The highest BCUT2D eigenvalue weighted by atomic mass is 28.3. The van der Waals surface area contributed by atoms with Gasteiger partial charge in [0.25, 0.3) is 0 Å². The number of rotatable bonds is 4. The van der Waals surface area contributed by atoms with Crippen LogP contribution in [0.2, 0.25) is 19.6 Å². The summed E-state index contributed by atoms with van der Waals surface area (Å²) in [4.78, 5) is 11.5. The minimum atomic E-state index is -1.13. The van der Waals surface area contributed by atoms with Crippen molar-refractivity contribution in [1.82, 2.24) is 0 Å². The zero-order valence-corrected chi connectivity index (χ0v) is 13.8. The van der Waals surface area contributed by atoms with Crippen molar-refractivity contribution in [2.75, 3.05) is 0 Å². The van der Waals surface area contributed by atoms with E-state index in [9.17, 15) is 4.79 Å². The molecule has 0 aromatic carbocycles. The van der Waals surface area contributed by atoms with Crippen LogP contribution in [-0.2, 0) is 4.79 Å². The number of allylic oxidation sites excluding steroid dienone is 4. The average molecular weight is 264 g/mol. The van der Waals surface area contributed by atoms with Gasteiger partial charge in [0, 0.05) is 6.42 Å². The number of hydrogen-bond acceptors (Lipinski definition) is 1. The van der Waals surface area contributed by atoms with Crippen molar-refractivity contribution in [1.29, 1.82) is 0 Å². The molecular formula is C16H28OSi. The van der Waals surface area contributed by atoms with Crippen LogP contribution in [0.1, 0.15) is 40.0 Å². The molecule has 18 heavy (non-hydrogen) atoms. The Morgan fingerprint density at radius 1 is 1.44 bits per heavy atom. The number of ketones is 1. The summed E-state index contributed by atoms with van der Waals surface area (Å²) in [6, 6.07) is 0. The first kappa shape index (κ1) is 15.4. The van der Waals surface area contributed by atoms with E-state index in [1.54, 1.807) is 5.20 Å². The van der Waals surface area contributed by atoms with Crippen molar-refractivity contribution in [2.24, 2.45) is 11.8 Å². The lowest BCUT2D eigenvalue weighted by Crippen LogP contribution is -2.23. The van der Waals surface area contributed by atoms with Crippen molar-refractivity contribution >= 4 is 13.9 Å². The Balaban J connectivity index is 2.78. The molecule has 0 aromatic heterocycles. The first-order chi connectivity index (χ1) is 8.21. The standard InChI is InChI=1S/C16H28OSi/c1-12(2)16-11-15(17)10-9-14(16)8-7-13(3)18(4,5)6/h7,11-12,14H,8-10H2,1-6H3/b13-7-. The fourth-order valence-electron chi connectivity index (χ4n) is 2.38. The Kier molecular flexibility index (Phi) is 5.15. The molecule has 1 aliphatic rings. The topological polar surface area (TPSA) is 17.1 Å². The molecule has 0 N–H and O–H groups in total. The minimum Gasteiger partial charge on any atom is -0.295 e. The van der Waals surface area contributed by atoms with Crippen LogP contribution in [-0.4, -0.2) is 13.9 Å². The van der Waals surface area contributed by atoms with Crippen LogP contribution in [0.4, 0.5) is 0 Å². The van der Waals surface area contributed by atoms with Gasteiger partial charge in [-0.15, -0.1) is 0 Å². The summed E-state index contributed by atoms with van der Waals surface area (Å²) in [6.45, 7) is 13.9. The van der Waals surface area contributed by atoms with Crippen LogP contribution in [0.15, 0.2) is 22.9 Å². The van der Waals surface area contributed by atoms with Gasteiger partial charge in [-0.2, -0.15) is 0 Å². The molecule has 0 aliphatic heterocycles. The molecule has 102 valence electrons. The molecule has 0 saturated carbocycles. The summed E-state index contributed by atoms with van der Waals surface area (Å²) < 4.78 is 0. The molecule has 1 nitrogen and oxygen atoms in total. The van der Waals surface area contributed by atoms with Gasteiger partial charge < -0.3 is 0 Å². The van der Waals surface area contributed by atoms with Crippen LogP contribution < -0.4 is 0 Å². The second-order valence-electron chi connectivity index (χ2n) is 6.87. The molecule has 0 bridgehead atoms. The average Bonchev–Trinajstić information content (AvgIpc) is 2.25. The van der Waals surface area contributed by atoms with E-state index in [1.165, 1.54) is 5.57 Å². The van der Waals surface area contributed by atoms with Gasteiger partial charge in [0.15, 0.2) is 5.78 Å². The van der Waals surface area contributed by atoms with Crippen molar-refractivity contribution in [3.63, 3.8) is 0 Å². The normalized spacial score (nSPS) is 22.4. The van der Waals surface area contributed by atoms with E-state index in [2.05, 4.69) is 46.5 Å². The Hall–Kier alpha value is -0.633. The highest BCUT2D eigenvalue weighted by Crippen LogP contribution is 2.32. The van der Waals surface area contributed by atoms with E-state index in [0.29, 0.717) is 17.6 Å². The third kappa shape index (κ3) is 4.24. The van der Waals surface area contributed by atoms with E-state index in [1.807, 2.05) is 6.08 Å². The quantitative estimate of drug-likeness (QED) is 0.669. The fraction of sp³-hybridized carbons (Fsp3) is 0.688. The zero-order valence-electron chi connectivity index (χ0n) is 12.8. The van der Waals surface area contributed by atoms with Crippen molar-refractivity contribution in [3.05, 3.63) is 22.9 Å². The van der Waals surface area contributed by atoms with Crippen LogP contribution in [0.3, 0.4) is 0 Å². The third-order valence-corrected chi connectivity index (χ3v) is 6.67. The van der Waals surface area contributed by atoms with Gasteiger partial charge in [0.2, 0.25) is 0 Å². The van der Waals surface area contributed by atoms with Crippen molar-refractivity contribution in [3.8, 4) is 0 Å². The predicted octanol–water partition coefficient (Wildman–Crippen LogP) is 4.76. The maximum absolute atomic E-state index is 11.5. The van der Waals surface area contributed by atoms with E-state index in [0.717, 1.165) is 19.3 Å². The monoisotopic (exact) mass is 264 g/mol. The largest absolute Gasteiger partial charge is 0.295 e. The minimum absolute atomic E-state index is 0.320. The van der Waals surface area contributed by atoms with E-state index in [4.69, 9.17) is 0 Å². The number of carbonyl (C=O) groups is 1. The molecule has 0 saturated heterocycles. The van der Waals surface area contributed by atoms with Crippen molar-refractivity contribution in [2.45, 2.75) is 59.7 Å². The summed E-state index contributed by atoms with van der Waals surface area (Å²) in [7, 11) is -1.13. The number of hydrogen-bond donors (Lipinski definition) is 0. The van der Waals surface area contributed by atoms with E-state index in [-0.39, 0.29) is 0 Å². The number of carbonyl (C=O) groups excluding carboxylic acids is 1. The Labute approximate surface area is 113 Å². The maximum Gasteiger partial charge on any atom is 0.155 e. The van der Waals surface area contributed by atoms with Crippen LogP contribution in [0, 0.1) is 11.8 Å². The van der Waals surface area contributed by atoms with E-state index >= 15 is 0 Å². The lowest BCUT2D eigenvalue weighted by atomic mass is 9.79. The molecule has 0 radical (unpaired) electrons. The zero-order chi connectivity index (χ0) is 13.9. The summed E-state index contributed by atoms with van der Waals surface area (Å²) >= 11 is 0. The maximum atomic E-state index is 11.5. The molecule has 2 heteroatoms. The lowest BCUT2D eigenvalue weighted by molar-refractivity contribution is -0.115. The first-order valence-corrected chi connectivity index (χ1v) is 10.6.